The molecule has 0 aliphatic heterocycles. The Labute approximate surface area is 128 Å². The zero-order valence-corrected chi connectivity index (χ0v) is 12.6. The van der Waals surface area contributed by atoms with Gasteiger partial charge in [0.25, 0.3) is 0 Å². The maximum absolute atomic E-state index is 13.2. The SMILES string of the molecule is Cc1ccc(NCc2ccc(F)c(C(F)(F)F)c2)c(Br)c1. The summed E-state index contributed by atoms with van der Waals surface area (Å²) in [6, 6.07) is 8.61. The van der Waals surface area contributed by atoms with E-state index in [0.717, 1.165) is 27.9 Å². The fraction of sp³-hybridized carbons (Fsp3) is 0.200. The Morgan fingerprint density at radius 2 is 1.81 bits per heavy atom. The predicted molar refractivity (Wildman–Crippen MR) is 77.6 cm³/mol. The summed E-state index contributed by atoms with van der Waals surface area (Å²) in [5.41, 5.74) is 0.938. The number of rotatable bonds is 3. The summed E-state index contributed by atoms with van der Waals surface area (Å²) in [6.45, 7) is 2.11. The molecule has 0 aliphatic rings. The molecule has 0 saturated carbocycles. The molecule has 0 aromatic heterocycles. The molecule has 2 aromatic carbocycles. The van der Waals surface area contributed by atoms with Crippen molar-refractivity contribution < 1.29 is 17.6 Å². The lowest BCUT2D eigenvalue weighted by molar-refractivity contribution is -0.140. The van der Waals surface area contributed by atoms with Gasteiger partial charge < -0.3 is 5.32 Å². The molecule has 1 N–H and O–H groups in total. The van der Waals surface area contributed by atoms with Crippen molar-refractivity contribution in [3.8, 4) is 0 Å². The zero-order chi connectivity index (χ0) is 15.6. The minimum Gasteiger partial charge on any atom is -0.380 e. The third kappa shape index (κ3) is 3.97. The van der Waals surface area contributed by atoms with Crippen LogP contribution in [-0.4, -0.2) is 0 Å². The van der Waals surface area contributed by atoms with E-state index >= 15 is 0 Å². The van der Waals surface area contributed by atoms with Crippen molar-refractivity contribution in [2.24, 2.45) is 0 Å². The Hall–Kier alpha value is -1.56. The Balaban J connectivity index is 2.17. The first kappa shape index (κ1) is 15.8. The molecule has 2 rings (SSSR count). The molecule has 1 nitrogen and oxygen atoms in total. The van der Waals surface area contributed by atoms with Crippen LogP contribution in [0.1, 0.15) is 16.7 Å². The second kappa shape index (κ2) is 6.05. The molecule has 0 bridgehead atoms. The quantitative estimate of drug-likeness (QED) is 0.709. The van der Waals surface area contributed by atoms with Crippen LogP contribution in [0.5, 0.6) is 0 Å². The third-order valence-electron chi connectivity index (χ3n) is 2.94. The lowest BCUT2D eigenvalue weighted by Gasteiger charge is -2.12. The molecular formula is C15H12BrF4N. The predicted octanol–water partition coefficient (Wildman–Crippen LogP) is 5.53. The molecule has 0 heterocycles. The smallest absolute Gasteiger partial charge is 0.380 e. The fourth-order valence-electron chi connectivity index (χ4n) is 1.86. The van der Waals surface area contributed by atoms with Gasteiger partial charge in [0.15, 0.2) is 0 Å². The lowest BCUT2D eigenvalue weighted by Crippen LogP contribution is -2.10. The molecule has 0 saturated heterocycles. The molecule has 2 aromatic rings. The van der Waals surface area contributed by atoms with Gasteiger partial charge in [-0.05, 0) is 58.2 Å². The van der Waals surface area contributed by atoms with Crippen LogP contribution >= 0.6 is 15.9 Å². The summed E-state index contributed by atoms with van der Waals surface area (Å²) in [5, 5.41) is 3.02. The van der Waals surface area contributed by atoms with Crippen molar-refractivity contribution in [1.82, 2.24) is 0 Å². The van der Waals surface area contributed by atoms with E-state index in [9.17, 15) is 17.6 Å². The van der Waals surface area contributed by atoms with E-state index in [1.165, 1.54) is 6.07 Å². The molecule has 0 radical (unpaired) electrons. The second-order valence-corrected chi connectivity index (χ2v) is 5.50. The number of hydrogen-bond acceptors (Lipinski definition) is 1. The highest BCUT2D eigenvalue weighted by atomic mass is 79.9. The minimum absolute atomic E-state index is 0.172. The van der Waals surface area contributed by atoms with Gasteiger partial charge in [-0.2, -0.15) is 13.2 Å². The molecule has 0 aliphatic carbocycles. The number of halogens is 5. The first-order valence-corrected chi connectivity index (χ1v) is 6.92. The van der Waals surface area contributed by atoms with E-state index in [2.05, 4.69) is 21.2 Å². The van der Waals surface area contributed by atoms with Crippen molar-refractivity contribution in [2.75, 3.05) is 5.32 Å². The van der Waals surface area contributed by atoms with Crippen LogP contribution in [0.2, 0.25) is 0 Å². The minimum atomic E-state index is -4.69. The van der Waals surface area contributed by atoms with Crippen molar-refractivity contribution in [3.05, 3.63) is 63.4 Å². The van der Waals surface area contributed by atoms with Crippen LogP contribution in [0.15, 0.2) is 40.9 Å². The van der Waals surface area contributed by atoms with Gasteiger partial charge in [-0.3, -0.25) is 0 Å². The van der Waals surface area contributed by atoms with Gasteiger partial charge in [0, 0.05) is 16.7 Å². The number of nitrogens with one attached hydrogen (secondary N) is 1. The lowest BCUT2D eigenvalue weighted by atomic mass is 10.1. The Morgan fingerprint density at radius 1 is 1.10 bits per heavy atom. The molecule has 0 spiro atoms. The van der Waals surface area contributed by atoms with Crippen LogP contribution in [0.25, 0.3) is 0 Å². The molecule has 0 amide bonds. The molecule has 0 unspecified atom stereocenters. The molecular weight excluding hydrogens is 350 g/mol. The van der Waals surface area contributed by atoms with Crippen molar-refractivity contribution in [1.29, 1.82) is 0 Å². The van der Waals surface area contributed by atoms with Crippen LogP contribution in [0, 0.1) is 12.7 Å². The second-order valence-electron chi connectivity index (χ2n) is 4.65. The highest BCUT2D eigenvalue weighted by molar-refractivity contribution is 9.10. The summed E-state index contributed by atoms with van der Waals surface area (Å²) in [6.07, 6.45) is -4.69. The molecule has 112 valence electrons. The van der Waals surface area contributed by atoms with E-state index in [4.69, 9.17) is 0 Å². The van der Waals surface area contributed by atoms with Crippen molar-refractivity contribution >= 4 is 21.6 Å². The van der Waals surface area contributed by atoms with Crippen LogP contribution in [0.3, 0.4) is 0 Å². The largest absolute Gasteiger partial charge is 0.419 e. The molecule has 6 heteroatoms. The van der Waals surface area contributed by atoms with Gasteiger partial charge in [-0.15, -0.1) is 0 Å². The van der Waals surface area contributed by atoms with E-state index in [0.29, 0.717) is 5.56 Å². The van der Waals surface area contributed by atoms with Gasteiger partial charge in [0.2, 0.25) is 0 Å². The number of anilines is 1. The van der Waals surface area contributed by atoms with Crippen LogP contribution in [-0.2, 0) is 12.7 Å². The molecule has 21 heavy (non-hydrogen) atoms. The summed E-state index contributed by atoms with van der Waals surface area (Å²) in [5.74, 6) is -1.26. The number of aryl methyl sites for hydroxylation is 1. The zero-order valence-electron chi connectivity index (χ0n) is 11.1. The highest BCUT2D eigenvalue weighted by Gasteiger charge is 2.34. The average Bonchev–Trinajstić information content (AvgIpc) is 2.38. The Bertz CT molecular complexity index is 653. The van der Waals surface area contributed by atoms with Gasteiger partial charge in [-0.1, -0.05) is 12.1 Å². The van der Waals surface area contributed by atoms with Gasteiger partial charge in [-0.25, -0.2) is 4.39 Å². The maximum Gasteiger partial charge on any atom is 0.419 e. The average molecular weight is 362 g/mol. The summed E-state index contributed by atoms with van der Waals surface area (Å²) in [7, 11) is 0. The van der Waals surface area contributed by atoms with Gasteiger partial charge in [0.1, 0.15) is 5.82 Å². The van der Waals surface area contributed by atoms with E-state index in [1.54, 1.807) is 0 Å². The summed E-state index contributed by atoms with van der Waals surface area (Å²) < 4.78 is 51.9. The van der Waals surface area contributed by atoms with E-state index in [-0.39, 0.29) is 6.54 Å². The Kier molecular flexibility index (Phi) is 4.56. The normalized spacial score (nSPS) is 11.5. The van der Waals surface area contributed by atoms with Gasteiger partial charge >= 0.3 is 6.18 Å². The summed E-state index contributed by atoms with van der Waals surface area (Å²) >= 11 is 3.38. The monoisotopic (exact) mass is 361 g/mol. The fourth-order valence-corrected chi connectivity index (χ4v) is 2.49. The van der Waals surface area contributed by atoms with E-state index < -0.39 is 17.6 Å². The number of alkyl halides is 3. The van der Waals surface area contributed by atoms with Crippen molar-refractivity contribution in [2.45, 2.75) is 19.6 Å². The van der Waals surface area contributed by atoms with Gasteiger partial charge in [0.05, 0.1) is 5.56 Å². The number of hydrogen-bond donors (Lipinski definition) is 1. The first-order valence-electron chi connectivity index (χ1n) is 6.13. The van der Waals surface area contributed by atoms with Crippen LogP contribution < -0.4 is 5.32 Å². The molecule has 0 atom stereocenters. The van der Waals surface area contributed by atoms with E-state index in [1.807, 2.05) is 25.1 Å². The Morgan fingerprint density at radius 3 is 2.43 bits per heavy atom. The van der Waals surface area contributed by atoms with Crippen molar-refractivity contribution in [3.63, 3.8) is 0 Å². The maximum atomic E-state index is 13.2. The topological polar surface area (TPSA) is 12.0 Å². The summed E-state index contributed by atoms with van der Waals surface area (Å²) in [4.78, 5) is 0. The highest BCUT2D eigenvalue weighted by Crippen LogP contribution is 2.32. The number of benzene rings is 2. The standard InChI is InChI=1S/C15H12BrF4N/c1-9-2-5-14(12(16)6-9)21-8-10-3-4-13(17)11(7-10)15(18,19)20/h2-7,21H,8H2,1H3. The van der Waals surface area contributed by atoms with Crippen LogP contribution in [0.4, 0.5) is 23.2 Å². The third-order valence-corrected chi connectivity index (χ3v) is 3.60. The first-order chi connectivity index (χ1) is 9.77. The molecule has 0 fully saturated rings.